The van der Waals surface area contributed by atoms with Crippen molar-refractivity contribution in [1.29, 1.82) is 0 Å². The minimum absolute atomic E-state index is 0. The van der Waals surface area contributed by atoms with Crippen LogP contribution in [-0.4, -0.2) is 94.3 Å². The number of carboxylic acid groups (broad SMARTS) is 2. The van der Waals surface area contributed by atoms with Crippen molar-refractivity contribution < 1.29 is 78.5 Å². The van der Waals surface area contributed by atoms with Gasteiger partial charge in [-0.1, -0.05) is 37.3 Å². The fraction of sp³-hybridized carbons (Fsp3) is 0.282. The van der Waals surface area contributed by atoms with E-state index in [0.717, 1.165) is 0 Å². The first-order valence-corrected chi connectivity index (χ1v) is 17.0. The second kappa shape index (κ2) is 16.1. The van der Waals surface area contributed by atoms with Crippen molar-refractivity contribution in [3.8, 4) is 11.4 Å². The molecule has 5 aromatic rings. The Kier molecular flexibility index (Phi) is 11.7. The number of hydrogen-bond acceptors (Lipinski definition) is 12. The minimum Gasteiger partial charge on any atom is -0.477 e. The third-order valence-corrected chi connectivity index (χ3v) is 10.2. The quantitative estimate of drug-likeness (QED) is 0.170. The third kappa shape index (κ3) is 7.19. The second-order valence-electron chi connectivity index (χ2n) is 13.6. The summed E-state index contributed by atoms with van der Waals surface area (Å²) in [6, 6.07) is 24.4. The number of aromatic nitrogens is 5. The van der Waals surface area contributed by atoms with Crippen LogP contribution in [0.4, 0.5) is 0 Å². The smallest absolute Gasteiger partial charge is 0.354 e. The number of piperidine rings is 2. The van der Waals surface area contributed by atoms with E-state index in [4.69, 9.17) is 19.7 Å². The van der Waals surface area contributed by atoms with Crippen molar-refractivity contribution in [2.45, 2.75) is 38.2 Å². The Hall–Kier alpha value is -4.52. The largest absolute Gasteiger partial charge is 0.477 e. The third-order valence-electron chi connectivity index (χ3n) is 10.2. The van der Waals surface area contributed by atoms with Crippen LogP contribution in [0.5, 0.6) is 0 Å². The van der Waals surface area contributed by atoms with Crippen LogP contribution in [0.2, 0.25) is 0 Å². The van der Waals surface area contributed by atoms with Gasteiger partial charge in [0.1, 0.15) is 16.8 Å². The summed E-state index contributed by atoms with van der Waals surface area (Å²) in [5.74, 6) is -2.94. The number of carbonyl (C=O) groups excluding carboxylic acids is 1. The molecule has 0 aliphatic carbocycles. The van der Waals surface area contributed by atoms with Crippen LogP contribution in [0.3, 0.4) is 0 Å². The zero-order valence-electron chi connectivity index (χ0n) is 29.6. The zero-order chi connectivity index (χ0) is 37.3. The van der Waals surface area contributed by atoms with Gasteiger partial charge in [-0.2, -0.15) is 0 Å². The number of ether oxygens (including phenoxy) is 1. The fourth-order valence-corrected chi connectivity index (χ4v) is 8.26. The Bertz CT molecular complexity index is 2160. The van der Waals surface area contributed by atoms with E-state index >= 15 is 0 Å². The van der Waals surface area contributed by atoms with Crippen LogP contribution in [0.25, 0.3) is 11.4 Å². The molecule has 2 bridgehead atoms. The molecule has 0 amide bonds. The molecule has 2 aliphatic rings. The van der Waals surface area contributed by atoms with Gasteiger partial charge in [0.25, 0.3) is 0 Å². The van der Waals surface area contributed by atoms with Gasteiger partial charge in [0.05, 0.1) is 59.5 Å². The molecule has 0 spiro atoms. The van der Waals surface area contributed by atoms with Gasteiger partial charge < -0.3 is 20.1 Å². The summed E-state index contributed by atoms with van der Waals surface area (Å²) in [6.45, 7) is 2.59. The summed E-state index contributed by atoms with van der Waals surface area (Å²) < 4.78 is 5.57. The van der Waals surface area contributed by atoms with Gasteiger partial charge in [0.15, 0.2) is 0 Å². The maximum Gasteiger partial charge on any atom is 0.354 e. The number of esters is 1. The maximum atomic E-state index is 14.5. The first-order valence-electron chi connectivity index (χ1n) is 17.0. The summed E-state index contributed by atoms with van der Waals surface area (Å²) in [6.07, 6.45) is 2.06. The molecule has 7 rings (SSSR count). The van der Waals surface area contributed by atoms with E-state index in [1.54, 1.807) is 48.8 Å². The summed E-state index contributed by atoms with van der Waals surface area (Å²) in [7, 11) is 1.30. The maximum absolute atomic E-state index is 14.5. The fourth-order valence-electron chi connectivity index (χ4n) is 8.26. The van der Waals surface area contributed by atoms with Crippen molar-refractivity contribution in [2.75, 3.05) is 20.2 Å². The average Bonchev–Trinajstić information content (AvgIpc) is 3.17. The van der Waals surface area contributed by atoms with Crippen molar-refractivity contribution in [2.24, 2.45) is 10.8 Å². The molecule has 2 fully saturated rings. The standard InChI is InChI=1S/C39H37N7O7.Ac/c1-38-22-45(20-24-10-8-16-30(43-24)34(47)48)23-39(36(38)51,37(52)53-2)33(29-13-4-6-19-41-29)46(32(38)28-12-3-5-18-40-28)21-25-11-7-14-26(42-25)27-15-9-17-31(44-27)35(49)50;/h3-19,32-33,36,51H,20-23H2,1-2H3,(H,47,48)(H,49,50);. The Balaban J connectivity index is 0.00000497. The van der Waals surface area contributed by atoms with E-state index in [0.29, 0.717) is 34.2 Å². The van der Waals surface area contributed by atoms with E-state index in [-0.39, 0.29) is 81.6 Å². The number of carboxylic acids is 2. The van der Waals surface area contributed by atoms with Crippen molar-refractivity contribution in [1.82, 2.24) is 34.7 Å². The van der Waals surface area contributed by atoms with Crippen LogP contribution >= 0.6 is 0 Å². The summed E-state index contributed by atoms with van der Waals surface area (Å²) >= 11 is 0. The van der Waals surface area contributed by atoms with Gasteiger partial charge in [-0.3, -0.25) is 24.6 Å². The molecule has 5 aromatic heterocycles. The van der Waals surface area contributed by atoms with E-state index in [1.807, 2.05) is 54.3 Å². The van der Waals surface area contributed by atoms with Crippen LogP contribution in [0.1, 0.15) is 62.8 Å². The molecule has 0 saturated carbocycles. The molecule has 2 aliphatic heterocycles. The number of fused-ring (bicyclic) bond motifs is 2. The summed E-state index contributed by atoms with van der Waals surface area (Å²) in [5.41, 5.74) is 0.191. The van der Waals surface area contributed by atoms with Crippen LogP contribution in [-0.2, 0) is 22.6 Å². The van der Waals surface area contributed by atoms with Crippen molar-refractivity contribution >= 4 is 17.9 Å². The zero-order valence-corrected chi connectivity index (χ0v) is 34.3. The molecular weight excluding hydrogens is 905 g/mol. The van der Waals surface area contributed by atoms with Crippen molar-refractivity contribution in [3.63, 3.8) is 0 Å². The number of pyridine rings is 5. The number of methoxy groups -OCH3 is 1. The van der Waals surface area contributed by atoms with E-state index in [9.17, 15) is 29.7 Å². The number of aromatic carboxylic acids is 2. The number of aliphatic hydroxyl groups is 1. The molecule has 5 unspecified atom stereocenters. The Morgan fingerprint density at radius 2 is 1.28 bits per heavy atom. The summed E-state index contributed by atoms with van der Waals surface area (Å²) in [5, 5.41) is 31.9. The molecule has 7 heterocycles. The number of likely N-dealkylation sites (tertiary alicyclic amines) is 2. The number of carbonyl (C=O) groups is 3. The molecule has 54 heavy (non-hydrogen) atoms. The minimum atomic E-state index is -1.61. The van der Waals surface area contributed by atoms with Gasteiger partial charge in [-0.25, -0.2) is 24.5 Å². The average molecular weight is 943 g/mol. The van der Waals surface area contributed by atoms with E-state index in [2.05, 4.69) is 14.9 Å². The number of rotatable bonds is 10. The monoisotopic (exact) mass is 942 g/mol. The first kappa shape index (κ1) is 39.2. The van der Waals surface area contributed by atoms with Gasteiger partial charge in [-0.15, -0.1) is 0 Å². The Labute approximate surface area is 346 Å². The van der Waals surface area contributed by atoms with Crippen LogP contribution < -0.4 is 0 Å². The predicted molar refractivity (Wildman–Crippen MR) is 189 cm³/mol. The SMILES string of the molecule is COC(=O)C12CN(Cc3cccc(C(=O)O)n3)CC(C)(C(c3ccccn3)N(Cc3cccc(-c4cccc(C(=O)O)n4)n3)C1c1ccccn1)C2O.[Ac]. The molecule has 15 heteroatoms. The normalized spacial score (nSPS) is 23.9. The molecule has 2 saturated heterocycles. The topological polar surface area (TPSA) is 192 Å². The molecular formula is C39H37AcN7O7. The molecule has 273 valence electrons. The van der Waals surface area contributed by atoms with E-state index in [1.165, 1.54) is 19.2 Å². The number of nitrogens with zero attached hydrogens (tertiary/aromatic N) is 7. The molecule has 14 nitrogen and oxygen atoms in total. The summed E-state index contributed by atoms with van der Waals surface area (Å²) in [4.78, 5) is 65.2. The second-order valence-corrected chi connectivity index (χ2v) is 13.6. The van der Waals surface area contributed by atoms with Crippen molar-refractivity contribution in [3.05, 3.63) is 138 Å². The molecule has 0 aromatic carbocycles. The molecule has 3 N–H and O–H groups in total. The van der Waals surface area contributed by atoms with Gasteiger partial charge in [0, 0.05) is 88.1 Å². The van der Waals surface area contributed by atoms with Gasteiger partial charge in [0.2, 0.25) is 0 Å². The predicted octanol–water partition coefficient (Wildman–Crippen LogP) is 4.07. The Morgan fingerprint density at radius 1 is 0.722 bits per heavy atom. The first-order chi connectivity index (χ1) is 25.5. The van der Waals surface area contributed by atoms with Gasteiger partial charge in [-0.05, 0) is 60.7 Å². The molecule has 1 radical (unpaired) electrons. The number of aliphatic hydroxyl groups excluding tert-OH is 1. The van der Waals surface area contributed by atoms with Crippen LogP contribution in [0, 0.1) is 54.9 Å². The Morgan fingerprint density at radius 3 is 1.87 bits per heavy atom. The van der Waals surface area contributed by atoms with Gasteiger partial charge >= 0.3 is 17.9 Å². The van der Waals surface area contributed by atoms with E-state index < -0.39 is 46.9 Å². The van der Waals surface area contributed by atoms with Crippen LogP contribution in [0.15, 0.2) is 103 Å². The molecule has 5 atom stereocenters. The number of hydrogen-bond donors (Lipinski definition) is 3.